The number of hydrogen-bond acceptors (Lipinski definition) is 5. The topological polar surface area (TPSA) is 60.2 Å². The van der Waals surface area contributed by atoms with Crippen molar-refractivity contribution in [1.82, 2.24) is 15.5 Å². The van der Waals surface area contributed by atoms with E-state index in [2.05, 4.69) is 33.7 Å². The lowest BCUT2D eigenvalue weighted by Crippen LogP contribution is -2.15. The predicted octanol–water partition coefficient (Wildman–Crippen LogP) is 2.23. The highest BCUT2D eigenvalue weighted by atomic mass is 16.5. The van der Waals surface area contributed by atoms with Crippen molar-refractivity contribution in [2.45, 2.75) is 31.8 Å². The predicted molar refractivity (Wildman–Crippen MR) is 73.1 cm³/mol. The number of hydrogen-bond donors (Lipinski definition) is 1. The zero-order valence-electron chi connectivity index (χ0n) is 11.3. The minimum absolute atomic E-state index is 0.373. The number of nitrogens with one attached hydrogen (secondary N) is 1. The quantitative estimate of drug-likeness (QED) is 0.907. The van der Waals surface area contributed by atoms with E-state index >= 15 is 0 Å². The number of nitrogens with zero attached hydrogens (tertiary/aromatic N) is 2. The Morgan fingerprint density at radius 2 is 1.95 bits per heavy atom. The Bertz CT molecular complexity index is 617. The maximum absolute atomic E-state index is 5.44. The van der Waals surface area contributed by atoms with Crippen molar-refractivity contribution in [3.05, 3.63) is 35.2 Å². The van der Waals surface area contributed by atoms with Crippen LogP contribution in [0.25, 0.3) is 11.5 Å². The second-order valence-electron chi connectivity index (χ2n) is 5.43. The molecule has 104 valence electrons. The van der Waals surface area contributed by atoms with E-state index in [-0.39, 0.29) is 0 Å². The number of rotatable bonds is 2. The summed E-state index contributed by atoms with van der Waals surface area (Å²) in [5, 5.41) is 7.50. The Kier molecular flexibility index (Phi) is 3.01. The van der Waals surface area contributed by atoms with Crippen molar-refractivity contribution in [3.8, 4) is 11.5 Å². The van der Waals surface area contributed by atoms with Crippen LogP contribution in [0.3, 0.4) is 0 Å². The van der Waals surface area contributed by atoms with Gasteiger partial charge in [0.25, 0.3) is 5.89 Å². The molecule has 5 heteroatoms. The van der Waals surface area contributed by atoms with Crippen molar-refractivity contribution in [2.24, 2.45) is 0 Å². The normalized spacial score (nSPS) is 19.2. The van der Waals surface area contributed by atoms with Gasteiger partial charge in [-0.05, 0) is 36.1 Å². The summed E-state index contributed by atoms with van der Waals surface area (Å²) in [5.74, 6) is 1.82. The van der Waals surface area contributed by atoms with E-state index in [4.69, 9.17) is 9.26 Å². The van der Waals surface area contributed by atoms with Crippen molar-refractivity contribution in [1.29, 1.82) is 0 Å². The van der Waals surface area contributed by atoms with Gasteiger partial charge >= 0.3 is 0 Å². The van der Waals surface area contributed by atoms with Crippen LogP contribution in [-0.2, 0) is 17.8 Å². The van der Waals surface area contributed by atoms with Gasteiger partial charge in [0.2, 0.25) is 0 Å². The molecule has 1 aromatic heterocycles. The summed E-state index contributed by atoms with van der Waals surface area (Å²) in [6.45, 7) is 3.45. The number of benzene rings is 1. The Balaban J connectivity index is 1.61. The monoisotopic (exact) mass is 271 g/mol. The van der Waals surface area contributed by atoms with Crippen LogP contribution >= 0.6 is 0 Å². The zero-order chi connectivity index (χ0) is 13.4. The zero-order valence-corrected chi connectivity index (χ0v) is 11.3. The summed E-state index contributed by atoms with van der Waals surface area (Å²) in [7, 11) is 0. The molecular weight excluding hydrogens is 254 g/mol. The van der Waals surface area contributed by atoms with Crippen LogP contribution in [-0.4, -0.2) is 23.4 Å². The van der Waals surface area contributed by atoms with Gasteiger partial charge < -0.3 is 14.6 Å². The van der Waals surface area contributed by atoms with Gasteiger partial charge in [-0.15, -0.1) is 0 Å². The van der Waals surface area contributed by atoms with E-state index in [1.54, 1.807) is 0 Å². The van der Waals surface area contributed by atoms with Crippen molar-refractivity contribution < 1.29 is 9.26 Å². The SMILES string of the molecule is c1cc2c(cc1-c1nc(C3CCOCC3)no1)CNC2. The van der Waals surface area contributed by atoms with Gasteiger partial charge in [0.15, 0.2) is 5.82 Å². The molecule has 1 saturated heterocycles. The number of ether oxygens (including phenoxy) is 1. The summed E-state index contributed by atoms with van der Waals surface area (Å²) in [6.07, 6.45) is 1.96. The lowest BCUT2D eigenvalue weighted by Gasteiger charge is -2.18. The smallest absolute Gasteiger partial charge is 0.257 e. The van der Waals surface area contributed by atoms with Gasteiger partial charge in [-0.25, -0.2) is 0 Å². The van der Waals surface area contributed by atoms with Gasteiger partial charge in [0.05, 0.1) is 0 Å². The van der Waals surface area contributed by atoms with Crippen LogP contribution < -0.4 is 5.32 Å². The van der Waals surface area contributed by atoms with Gasteiger partial charge in [-0.3, -0.25) is 0 Å². The molecule has 2 aliphatic rings. The highest BCUT2D eigenvalue weighted by molar-refractivity contribution is 5.56. The average Bonchev–Trinajstić information content (AvgIpc) is 3.16. The van der Waals surface area contributed by atoms with Crippen LogP contribution in [0.5, 0.6) is 0 Å². The summed E-state index contributed by atoms with van der Waals surface area (Å²) in [4.78, 5) is 4.58. The molecule has 1 aromatic carbocycles. The molecule has 0 spiro atoms. The Morgan fingerprint density at radius 3 is 2.85 bits per heavy atom. The molecule has 2 aliphatic heterocycles. The first-order chi connectivity index (χ1) is 9.90. The maximum Gasteiger partial charge on any atom is 0.257 e. The second-order valence-corrected chi connectivity index (χ2v) is 5.43. The fraction of sp³-hybridized carbons (Fsp3) is 0.467. The van der Waals surface area contributed by atoms with E-state index in [0.29, 0.717) is 11.8 Å². The Hall–Kier alpha value is -1.72. The molecule has 20 heavy (non-hydrogen) atoms. The third kappa shape index (κ3) is 2.13. The lowest BCUT2D eigenvalue weighted by molar-refractivity contribution is 0.0830. The fourth-order valence-corrected chi connectivity index (χ4v) is 2.90. The molecule has 4 rings (SSSR count). The minimum atomic E-state index is 0.373. The van der Waals surface area contributed by atoms with Crippen LogP contribution in [0.15, 0.2) is 22.7 Å². The van der Waals surface area contributed by atoms with Gasteiger partial charge in [-0.1, -0.05) is 11.2 Å². The van der Waals surface area contributed by atoms with Crippen molar-refractivity contribution >= 4 is 0 Å². The Labute approximate surface area is 117 Å². The highest BCUT2D eigenvalue weighted by Crippen LogP contribution is 2.28. The van der Waals surface area contributed by atoms with Crippen LogP contribution in [0.4, 0.5) is 0 Å². The molecule has 0 unspecified atom stereocenters. The largest absolute Gasteiger partial charge is 0.381 e. The first-order valence-corrected chi connectivity index (χ1v) is 7.14. The summed E-state index contributed by atoms with van der Waals surface area (Å²) in [6, 6.07) is 6.35. The Morgan fingerprint density at radius 1 is 1.10 bits per heavy atom. The molecule has 0 aliphatic carbocycles. The number of aromatic nitrogens is 2. The molecule has 5 nitrogen and oxygen atoms in total. The molecule has 1 N–H and O–H groups in total. The maximum atomic E-state index is 5.44. The summed E-state index contributed by atoms with van der Waals surface area (Å²) < 4.78 is 10.8. The second kappa shape index (κ2) is 5.00. The molecule has 1 fully saturated rings. The van der Waals surface area contributed by atoms with E-state index < -0.39 is 0 Å². The van der Waals surface area contributed by atoms with Gasteiger partial charge in [0, 0.05) is 37.8 Å². The molecule has 0 bridgehead atoms. The van der Waals surface area contributed by atoms with E-state index in [1.165, 1.54) is 11.1 Å². The van der Waals surface area contributed by atoms with Crippen molar-refractivity contribution in [2.75, 3.05) is 13.2 Å². The molecular formula is C15H17N3O2. The third-order valence-electron chi connectivity index (χ3n) is 4.11. The first kappa shape index (κ1) is 12.1. The van der Waals surface area contributed by atoms with E-state index in [1.807, 2.05) is 0 Å². The van der Waals surface area contributed by atoms with Crippen LogP contribution in [0, 0.1) is 0 Å². The molecule has 2 aromatic rings. The molecule has 0 saturated carbocycles. The fourth-order valence-electron chi connectivity index (χ4n) is 2.90. The first-order valence-electron chi connectivity index (χ1n) is 7.14. The summed E-state index contributed by atoms with van der Waals surface area (Å²) in [5.41, 5.74) is 3.70. The van der Waals surface area contributed by atoms with Crippen molar-refractivity contribution in [3.63, 3.8) is 0 Å². The van der Waals surface area contributed by atoms with Crippen LogP contribution in [0.1, 0.15) is 35.7 Å². The van der Waals surface area contributed by atoms with Gasteiger partial charge in [0.1, 0.15) is 0 Å². The van der Waals surface area contributed by atoms with E-state index in [0.717, 1.165) is 50.5 Å². The highest BCUT2D eigenvalue weighted by Gasteiger charge is 2.22. The minimum Gasteiger partial charge on any atom is -0.381 e. The standard InChI is InChI=1S/C15H17N3O2/c1-2-12-8-16-9-13(12)7-11(1)15-17-14(18-20-15)10-3-5-19-6-4-10/h1-2,7,10,16H,3-6,8-9H2. The van der Waals surface area contributed by atoms with E-state index in [9.17, 15) is 0 Å². The summed E-state index contributed by atoms with van der Waals surface area (Å²) >= 11 is 0. The van der Waals surface area contributed by atoms with Crippen LogP contribution in [0.2, 0.25) is 0 Å². The molecule has 0 atom stereocenters. The van der Waals surface area contributed by atoms with Gasteiger partial charge in [-0.2, -0.15) is 4.98 Å². The third-order valence-corrected chi connectivity index (χ3v) is 4.11. The average molecular weight is 271 g/mol. The molecule has 0 radical (unpaired) electrons. The molecule has 0 amide bonds. The molecule has 3 heterocycles. The number of fused-ring (bicyclic) bond motifs is 1. The lowest BCUT2D eigenvalue weighted by atomic mass is 10.00.